The third-order valence-corrected chi connectivity index (χ3v) is 4.15. The van der Waals surface area contributed by atoms with Crippen molar-refractivity contribution < 1.29 is 0 Å². The first-order valence-corrected chi connectivity index (χ1v) is 10.1. The van der Waals surface area contributed by atoms with Gasteiger partial charge >= 0.3 is 0 Å². The summed E-state index contributed by atoms with van der Waals surface area (Å²) in [7, 11) is 2.07. The number of hydrogen-bond donors (Lipinski definition) is 2. The normalized spacial score (nSPS) is 16.1. The minimum atomic E-state index is 0.597. The molecule has 0 aliphatic heterocycles. The molecule has 0 aromatic carbocycles. The van der Waals surface area contributed by atoms with Gasteiger partial charge in [0.1, 0.15) is 0 Å². The second-order valence-corrected chi connectivity index (χ2v) is 6.95. The Morgan fingerprint density at radius 1 is 1.00 bits per heavy atom. The summed E-state index contributed by atoms with van der Waals surface area (Å²) >= 11 is 0. The standard InChI is InChI=1S/C14H28N2.C4H10.C3H8/c1-12(2)16-11-14(15-3)10-13-8-6-4-5-7-9-13;1-3-4-2;1-3-2/h13-16H,1,4-11H2,2-3H3;3-4H2,1-2H3;3H2,1-2H3. The van der Waals surface area contributed by atoms with Gasteiger partial charge < -0.3 is 10.6 Å². The van der Waals surface area contributed by atoms with E-state index in [1.54, 1.807) is 0 Å². The largest absolute Gasteiger partial charge is 0.387 e. The van der Waals surface area contributed by atoms with Crippen LogP contribution < -0.4 is 10.6 Å². The fourth-order valence-corrected chi connectivity index (χ4v) is 2.60. The van der Waals surface area contributed by atoms with Gasteiger partial charge in [-0.15, -0.1) is 0 Å². The van der Waals surface area contributed by atoms with Gasteiger partial charge in [-0.2, -0.15) is 0 Å². The molecular formula is C21H46N2. The highest BCUT2D eigenvalue weighted by molar-refractivity contribution is 4.87. The Balaban J connectivity index is 0. The molecule has 140 valence electrons. The Labute approximate surface area is 147 Å². The Morgan fingerprint density at radius 2 is 1.48 bits per heavy atom. The van der Waals surface area contributed by atoms with E-state index in [9.17, 15) is 0 Å². The maximum Gasteiger partial charge on any atom is 0.0297 e. The van der Waals surface area contributed by atoms with Crippen molar-refractivity contribution in [1.82, 2.24) is 10.6 Å². The van der Waals surface area contributed by atoms with Gasteiger partial charge in [-0.1, -0.05) is 92.1 Å². The molecule has 2 heteroatoms. The molecule has 1 fully saturated rings. The van der Waals surface area contributed by atoms with Crippen LogP contribution in [-0.4, -0.2) is 19.6 Å². The van der Waals surface area contributed by atoms with Gasteiger partial charge in [0.15, 0.2) is 0 Å². The van der Waals surface area contributed by atoms with E-state index >= 15 is 0 Å². The highest BCUT2D eigenvalue weighted by atomic mass is 15.0. The van der Waals surface area contributed by atoms with E-state index in [1.807, 2.05) is 6.92 Å². The fourth-order valence-electron chi connectivity index (χ4n) is 2.60. The van der Waals surface area contributed by atoms with Crippen LogP contribution in [0.25, 0.3) is 0 Å². The lowest BCUT2D eigenvalue weighted by atomic mass is 9.92. The van der Waals surface area contributed by atoms with Crippen LogP contribution >= 0.6 is 0 Å². The molecule has 1 aliphatic rings. The molecule has 0 saturated heterocycles. The van der Waals surface area contributed by atoms with Crippen molar-refractivity contribution in [3.8, 4) is 0 Å². The Hall–Kier alpha value is -0.500. The van der Waals surface area contributed by atoms with Crippen molar-refractivity contribution >= 4 is 0 Å². The lowest BCUT2D eigenvalue weighted by Gasteiger charge is -2.23. The van der Waals surface area contributed by atoms with Crippen LogP contribution in [0.3, 0.4) is 0 Å². The molecule has 0 bridgehead atoms. The Kier molecular flexibility index (Phi) is 21.0. The van der Waals surface area contributed by atoms with Crippen molar-refractivity contribution in [1.29, 1.82) is 0 Å². The molecular weight excluding hydrogens is 280 g/mol. The monoisotopic (exact) mass is 326 g/mol. The molecule has 0 aromatic heterocycles. The third-order valence-electron chi connectivity index (χ3n) is 4.15. The van der Waals surface area contributed by atoms with E-state index in [2.05, 4.69) is 52.0 Å². The minimum Gasteiger partial charge on any atom is -0.387 e. The number of allylic oxidation sites excluding steroid dienone is 1. The fraction of sp³-hybridized carbons (Fsp3) is 0.905. The quantitative estimate of drug-likeness (QED) is 0.538. The molecule has 0 heterocycles. The van der Waals surface area contributed by atoms with E-state index in [1.165, 1.54) is 64.2 Å². The van der Waals surface area contributed by atoms with Crippen LogP contribution in [0.5, 0.6) is 0 Å². The predicted molar refractivity (Wildman–Crippen MR) is 108 cm³/mol. The molecule has 1 rings (SSSR count). The maximum atomic E-state index is 3.88. The molecule has 23 heavy (non-hydrogen) atoms. The summed E-state index contributed by atoms with van der Waals surface area (Å²) in [6.07, 6.45) is 13.9. The third kappa shape index (κ3) is 19.5. The summed E-state index contributed by atoms with van der Waals surface area (Å²) in [5.41, 5.74) is 1.07. The first-order chi connectivity index (χ1) is 11.0. The van der Waals surface area contributed by atoms with Crippen LogP contribution in [0.4, 0.5) is 0 Å². The molecule has 1 unspecified atom stereocenters. The molecule has 2 nitrogen and oxygen atoms in total. The van der Waals surface area contributed by atoms with Gasteiger partial charge in [0.25, 0.3) is 0 Å². The van der Waals surface area contributed by atoms with Crippen LogP contribution in [-0.2, 0) is 0 Å². The highest BCUT2D eigenvalue weighted by Gasteiger charge is 2.16. The van der Waals surface area contributed by atoms with Gasteiger partial charge in [0.2, 0.25) is 0 Å². The molecule has 0 spiro atoms. The summed E-state index contributed by atoms with van der Waals surface area (Å²) in [4.78, 5) is 0. The zero-order valence-electron chi connectivity index (χ0n) is 17.1. The van der Waals surface area contributed by atoms with Crippen LogP contribution in [0, 0.1) is 5.92 Å². The molecule has 0 aromatic rings. The topological polar surface area (TPSA) is 24.1 Å². The summed E-state index contributed by atoms with van der Waals surface area (Å²) in [5, 5.41) is 6.77. The lowest BCUT2D eigenvalue weighted by molar-refractivity contribution is 0.358. The van der Waals surface area contributed by atoms with Gasteiger partial charge in [-0.25, -0.2) is 0 Å². The lowest BCUT2D eigenvalue weighted by Crippen LogP contribution is -2.37. The summed E-state index contributed by atoms with van der Waals surface area (Å²) in [6, 6.07) is 0.597. The smallest absolute Gasteiger partial charge is 0.0297 e. The van der Waals surface area contributed by atoms with Crippen LogP contribution in [0.1, 0.15) is 98.8 Å². The average molecular weight is 327 g/mol. The van der Waals surface area contributed by atoms with Gasteiger partial charge in [-0.05, 0) is 26.3 Å². The minimum absolute atomic E-state index is 0.597. The first-order valence-electron chi connectivity index (χ1n) is 10.1. The number of likely N-dealkylation sites (N-methyl/N-ethyl adjacent to an activating group) is 1. The van der Waals surface area contributed by atoms with Crippen LogP contribution in [0.15, 0.2) is 12.3 Å². The summed E-state index contributed by atoms with van der Waals surface area (Å²) in [6.45, 7) is 15.5. The van der Waals surface area contributed by atoms with E-state index in [4.69, 9.17) is 0 Å². The van der Waals surface area contributed by atoms with Gasteiger partial charge in [-0.3, -0.25) is 0 Å². The second-order valence-electron chi connectivity index (χ2n) is 6.95. The zero-order chi connectivity index (χ0) is 17.9. The van der Waals surface area contributed by atoms with E-state index in [0.717, 1.165) is 18.2 Å². The summed E-state index contributed by atoms with van der Waals surface area (Å²) in [5.74, 6) is 0.937. The van der Waals surface area contributed by atoms with Crippen LogP contribution in [0.2, 0.25) is 0 Å². The van der Waals surface area contributed by atoms with E-state index in [0.29, 0.717) is 6.04 Å². The number of rotatable bonds is 7. The molecule has 1 aliphatic carbocycles. The molecule has 1 atom stereocenters. The van der Waals surface area contributed by atoms with Crippen molar-refractivity contribution in [3.05, 3.63) is 12.3 Å². The number of nitrogens with one attached hydrogen (secondary N) is 2. The number of hydrogen-bond acceptors (Lipinski definition) is 2. The molecule has 0 radical (unpaired) electrons. The highest BCUT2D eigenvalue weighted by Crippen LogP contribution is 2.26. The average Bonchev–Trinajstić information content (AvgIpc) is 2.81. The molecule has 1 saturated carbocycles. The van der Waals surface area contributed by atoms with E-state index < -0.39 is 0 Å². The zero-order valence-corrected chi connectivity index (χ0v) is 17.1. The second kappa shape index (κ2) is 19.5. The van der Waals surface area contributed by atoms with Crippen molar-refractivity contribution in [2.75, 3.05) is 13.6 Å². The predicted octanol–water partition coefficient (Wildman–Crippen LogP) is 6.28. The first kappa shape index (κ1) is 24.7. The molecule has 2 N–H and O–H groups in total. The van der Waals surface area contributed by atoms with Crippen molar-refractivity contribution in [2.45, 2.75) is 105 Å². The SMILES string of the molecule is C=C(C)NCC(CC1CCCCCC1)NC.CCC.CCCC. The Morgan fingerprint density at radius 3 is 1.83 bits per heavy atom. The maximum absolute atomic E-state index is 3.88. The van der Waals surface area contributed by atoms with Crippen molar-refractivity contribution in [3.63, 3.8) is 0 Å². The molecule has 0 amide bonds. The van der Waals surface area contributed by atoms with Crippen molar-refractivity contribution in [2.24, 2.45) is 5.92 Å². The van der Waals surface area contributed by atoms with Gasteiger partial charge in [0, 0.05) is 18.3 Å². The number of unbranched alkanes of at least 4 members (excludes halogenated alkanes) is 1. The Bertz CT molecular complexity index is 228. The van der Waals surface area contributed by atoms with Gasteiger partial charge in [0.05, 0.1) is 0 Å². The summed E-state index contributed by atoms with van der Waals surface area (Å²) < 4.78 is 0. The van der Waals surface area contributed by atoms with E-state index in [-0.39, 0.29) is 0 Å².